The second-order valence-electron chi connectivity index (χ2n) is 4.51. The molecule has 1 heterocycles. The number of morpholine rings is 1. The Kier molecular flexibility index (Phi) is 3.64. The van der Waals surface area contributed by atoms with Crippen LogP contribution < -0.4 is 0 Å². The molecule has 0 spiro atoms. The summed E-state index contributed by atoms with van der Waals surface area (Å²) in [4.78, 5) is 2.99. The van der Waals surface area contributed by atoms with Crippen LogP contribution in [0.1, 0.15) is 19.4 Å². The van der Waals surface area contributed by atoms with Gasteiger partial charge < -0.3 is 14.7 Å². The van der Waals surface area contributed by atoms with E-state index in [1.54, 1.807) is 12.1 Å². The predicted octanol–water partition coefficient (Wildman–Crippen LogP) is 2.18. The molecular weight excluding hydrogens is 234 g/mol. The van der Waals surface area contributed by atoms with Crippen molar-refractivity contribution in [2.75, 3.05) is 13.1 Å². The van der Waals surface area contributed by atoms with Gasteiger partial charge in [-0.2, -0.15) is 0 Å². The van der Waals surface area contributed by atoms with E-state index < -0.39 is 0 Å². The van der Waals surface area contributed by atoms with Gasteiger partial charge in [0.05, 0.1) is 12.2 Å². The van der Waals surface area contributed by atoms with E-state index in [1.165, 1.54) is 0 Å². The summed E-state index contributed by atoms with van der Waals surface area (Å²) in [5.41, 5.74) is 0.971. The lowest BCUT2D eigenvalue weighted by Gasteiger charge is -2.37. The zero-order valence-corrected chi connectivity index (χ0v) is 10.9. The molecule has 0 amide bonds. The van der Waals surface area contributed by atoms with Gasteiger partial charge in [-0.25, -0.2) is 0 Å². The number of nitrogens with zero attached hydrogens (tertiary/aromatic N) is 1. The first kappa shape index (κ1) is 12.3. The standard InChI is InChI=1S/C13H17NO2S/c1-9-7-14(8-10(2)16-9)13(17)11-3-5-12(15)6-4-11/h3-6,9-10,15H,7-8H2,1-2H3/t9-,10-/m1/s1. The number of ether oxygens (including phenoxy) is 1. The van der Waals surface area contributed by atoms with Crippen molar-refractivity contribution >= 4 is 17.2 Å². The highest BCUT2D eigenvalue weighted by Gasteiger charge is 2.24. The van der Waals surface area contributed by atoms with E-state index in [2.05, 4.69) is 18.7 Å². The number of thiocarbonyl (C=S) groups is 1. The van der Waals surface area contributed by atoms with Crippen molar-refractivity contribution in [2.45, 2.75) is 26.1 Å². The first-order chi connectivity index (χ1) is 8.06. The third-order valence-electron chi connectivity index (χ3n) is 2.82. The average molecular weight is 251 g/mol. The number of rotatable bonds is 1. The van der Waals surface area contributed by atoms with Gasteiger partial charge in [-0.05, 0) is 38.1 Å². The molecule has 92 valence electrons. The zero-order chi connectivity index (χ0) is 12.4. The van der Waals surface area contributed by atoms with E-state index in [1.807, 2.05) is 12.1 Å². The molecule has 1 N–H and O–H groups in total. The highest BCUT2D eigenvalue weighted by Crippen LogP contribution is 2.17. The predicted molar refractivity (Wildman–Crippen MR) is 71.4 cm³/mol. The first-order valence-corrected chi connectivity index (χ1v) is 6.21. The Bertz CT molecular complexity index is 394. The molecule has 3 nitrogen and oxygen atoms in total. The zero-order valence-electron chi connectivity index (χ0n) is 10.1. The normalized spacial score (nSPS) is 24.7. The Labute approximate surface area is 107 Å². The van der Waals surface area contributed by atoms with Crippen LogP contribution in [0.15, 0.2) is 24.3 Å². The lowest BCUT2D eigenvalue weighted by atomic mass is 10.1. The van der Waals surface area contributed by atoms with Gasteiger partial charge in [0, 0.05) is 18.7 Å². The summed E-state index contributed by atoms with van der Waals surface area (Å²) >= 11 is 5.48. The summed E-state index contributed by atoms with van der Waals surface area (Å²) in [5.74, 6) is 0.264. The topological polar surface area (TPSA) is 32.7 Å². The van der Waals surface area contributed by atoms with Crippen LogP contribution in [0.2, 0.25) is 0 Å². The fraction of sp³-hybridized carbons (Fsp3) is 0.462. The van der Waals surface area contributed by atoms with Gasteiger partial charge in [0.15, 0.2) is 0 Å². The number of hydrogen-bond acceptors (Lipinski definition) is 3. The minimum Gasteiger partial charge on any atom is -0.508 e. The second-order valence-corrected chi connectivity index (χ2v) is 4.90. The van der Waals surface area contributed by atoms with E-state index >= 15 is 0 Å². The quantitative estimate of drug-likeness (QED) is 0.775. The molecule has 0 saturated carbocycles. The summed E-state index contributed by atoms with van der Waals surface area (Å²) in [6, 6.07) is 7.02. The maximum Gasteiger partial charge on any atom is 0.115 e. The van der Waals surface area contributed by atoms with E-state index in [-0.39, 0.29) is 18.0 Å². The van der Waals surface area contributed by atoms with Gasteiger partial charge in [-0.3, -0.25) is 0 Å². The van der Waals surface area contributed by atoms with Gasteiger partial charge in [-0.15, -0.1) is 0 Å². The molecule has 1 aromatic carbocycles. The highest BCUT2D eigenvalue weighted by molar-refractivity contribution is 7.80. The van der Waals surface area contributed by atoms with Crippen molar-refractivity contribution < 1.29 is 9.84 Å². The van der Waals surface area contributed by atoms with Gasteiger partial charge in [0.2, 0.25) is 0 Å². The van der Waals surface area contributed by atoms with Gasteiger partial charge in [0.1, 0.15) is 10.7 Å². The van der Waals surface area contributed by atoms with Crippen molar-refractivity contribution in [3.8, 4) is 5.75 Å². The van der Waals surface area contributed by atoms with Crippen LogP contribution in [0.25, 0.3) is 0 Å². The Morgan fingerprint density at radius 3 is 2.29 bits per heavy atom. The molecule has 0 aliphatic carbocycles. The van der Waals surface area contributed by atoms with Crippen molar-refractivity contribution in [1.29, 1.82) is 0 Å². The van der Waals surface area contributed by atoms with E-state index in [9.17, 15) is 5.11 Å². The van der Waals surface area contributed by atoms with Crippen LogP contribution >= 0.6 is 12.2 Å². The number of phenolic OH excluding ortho intramolecular Hbond substituents is 1. The van der Waals surface area contributed by atoms with Crippen LogP contribution in [0.4, 0.5) is 0 Å². The summed E-state index contributed by atoms with van der Waals surface area (Å²) in [6.45, 7) is 5.76. The SMILES string of the molecule is C[C@@H]1CN(C(=S)c2ccc(O)cc2)C[C@@H](C)O1. The van der Waals surface area contributed by atoms with E-state index in [4.69, 9.17) is 17.0 Å². The molecule has 1 aromatic rings. The van der Waals surface area contributed by atoms with E-state index in [0.29, 0.717) is 0 Å². The third kappa shape index (κ3) is 2.96. The fourth-order valence-corrected chi connectivity index (χ4v) is 2.42. The number of phenols is 1. The fourth-order valence-electron chi connectivity index (χ4n) is 2.13. The van der Waals surface area contributed by atoms with Crippen LogP contribution in [0, 0.1) is 0 Å². The largest absolute Gasteiger partial charge is 0.508 e. The van der Waals surface area contributed by atoms with Gasteiger partial charge in [-0.1, -0.05) is 12.2 Å². The van der Waals surface area contributed by atoms with Gasteiger partial charge >= 0.3 is 0 Å². The third-order valence-corrected chi connectivity index (χ3v) is 3.31. The Hall–Kier alpha value is -1.13. The van der Waals surface area contributed by atoms with Gasteiger partial charge in [0.25, 0.3) is 0 Å². The van der Waals surface area contributed by atoms with Crippen LogP contribution in [0.5, 0.6) is 5.75 Å². The number of hydrogen-bond donors (Lipinski definition) is 1. The molecule has 0 radical (unpaired) electrons. The van der Waals surface area contributed by atoms with Crippen molar-refractivity contribution in [3.63, 3.8) is 0 Å². The number of benzene rings is 1. The molecule has 0 unspecified atom stereocenters. The molecule has 1 fully saturated rings. The first-order valence-electron chi connectivity index (χ1n) is 5.80. The van der Waals surface area contributed by atoms with Crippen LogP contribution in [-0.4, -0.2) is 40.3 Å². The van der Waals surface area contributed by atoms with Crippen molar-refractivity contribution in [1.82, 2.24) is 4.90 Å². The summed E-state index contributed by atoms with van der Waals surface area (Å²) in [6.07, 6.45) is 0.405. The van der Waals surface area contributed by atoms with Crippen molar-refractivity contribution in [2.24, 2.45) is 0 Å². The molecule has 2 rings (SSSR count). The molecular formula is C13H17NO2S. The number of aromatic hydroxyl groups is 1. The molecule has 4 heteroatoms. The Morgan fingerprint density at radius 2 is 1.76 bits per heavy atom. The molecule has 0 bridgehead atoms. The summed E-state index contributed by atoms with van der Waals surface area (Å²) < 4.78 is 5.68. The molecule has 0 aromatic heterocycles. The van der Waals surface area contributed by atoms with Crippen LogP contribution in [0.3, 0.4) is 0 Å². The highest BCUT2D eigenvalue weighted by atomic mass is 32.1. The molecule has 1 saturated heterocycles. The smallest absolute Gasteiger partial charge is 0.115 e. The summed E-state index contributed by atoms with van der Waals surface area (Å²) in [5, 5.41) is 9.26. The minimum absolute atomic E-state index is 0.203. The lowest BCUT2D eigenvalue weighted by molar-refractivity contribution is -0.0472. The van der Waals surface area contributed by atoms with Crippen molar-refractivity contribution in [3.05, 3.63) is 29.8 Å². The monoisotopic (exact) mass is 251 g/mol. The molecule has 1 aliphatic rings. The maximum absolute atomic E-state index is 9.26. The molecule has 17 heavy (non-hydrogen) atoms. The van der Waals surface area contributed by atoms with Crippen LogP contribution in [-0.2, 0) is 4.74 Å². The molecule has 1 aliphatic heterocycles. The second kappa shape index (κ2) is 5.02. The average Bonchev–Trinajstić information content (AvgIpc) is 2.28. The minimum atomic E-state index is 0.203. The maximum atomic E-state index is 9.26. The lowest BCUT2D eigenvalue weighted by Crippen LogP contribution is -2.47. The Balaban J connectivity index is 2.11. The van der Waals surface area contributed by atoms with E-state index in [0.717, 1.165) is 23.6 Å². The molecule has 2 atom stereocenters. The summed E-state index contributed by atoms with van der Waals surface area (Å²) in [7, 11) is 0. The Morgan fingerprint density at radius 1 is 1.24 bits per heavy atom.